The zero-order valence-electron chi connectivity index (χ0n) is 14.1. The Bertz CT molecular complexity index is 573. The molecule has 0 aliphatic heterocycles. The Balaban J connectivity index is 2.77. The molecular formula is C20H25N3. The van der Waals surface area contributed by atoms with Crippen LogP contribution in [-0.2, 0) is 0 Å². The third-order valence-electron chi connectivity index (χ3n) is 3.61. The van der Waals surface area contributed by atoms with Crippen molar-refractivity contribution < 1.29 is 0 Å². The molecule has 0 saturated heterocycles. The van der Waals surface area contributed by atoms with Gasteiger partial charge in [-0.25, -0.2) is 0 Å². The van der Waals surface area contributed by atoms with Crippen molar-refractivity contribution in [3.05, 3.63) is 47.6 Å². The highest BCUT2D eigenvalue weighted by Gasteiger charge is 2.04. The second-order valence-electron chi connectivity index (χ2n) is 5.45. The quantitative estimate of drug-likeness (QED) is 0.472. The Labute approximate surface area is 140 Å². The lowest BCUT2D eigenvalue weighted by Gasteiger charge is -2.24. The summed E-state index contributed by atoms with van der Waals surface area (Å²) >= 11 is 0. The van der Waals surface area contributed by atoms with E-state index >= 15 is 0 Å². The lowest BCUT2D eigenvalue weighted by molar-refractivity contribution is 0.678. The van der Waals surface area contributed by atoms with Gasteiger partial charge in [0, 0.05) is 18.8 Å². The molecule has 0 aromatic heterocycles. The van der Waals surface area contributed by atoms with Gasteiger partial charge in [-0.05, 0) is 36.6 Å². The molecule has 0 N–H and O–H groups in total. The predicted molar refractivity (Wildman–Crippen MR) is 96.8 cm³/mol. The number of unbranched alkanes of at least 4 members (excludes halogenated alkanes) is 2. The van der Waals surface area contributed by atoms with Crippen molar-refractivity contribution in [2.45, 2.75) is 39.5 Å². The summed E-state index contributed by atoms with van der Waals surface area (Å²) in [5.41, 5.74) is 2.43. The zero-order valence-corrected chi connectivity index (χ0v) is 14.1. The number of nitrogens with zero attached hydrogens (tertiary/aromatic N) is 3. The number of hydrogen-bond donors (Lipinski definition) is 0. The van der Waals surface area contributed by atoms with Crippen LogP contribution in [0.15, 0.2) is 42.0 Å². The molecule has 3 nitrogen and oxygen atoms in total. The minimum Gasteiger partial charge on any atom is -0.372 e. The zero-order chi connectivity index (χ0) is 16.9. The second kappa shape index (κ2) is 11.1. The normalized spacial score (nSPS) is 10.1. The Morgan fingerprint density at radius 1 is 1.00 bits per heavy atom. The topological polar surface area (TPSA) is 50.8 Å². The molecule has 0 aliphatic rings. The van der Waals surface area contributed by atoms with Crippen LogP contribution in [0.2, 0.25) is 0 Å². The van der Waals surface area contributed by atoms with Gasteiger partial charge in [-0.15, -0.1) is 0 Å². The van der Waals surface area contributed by atoms with E-state index in [0.717, 1.165) is 18.7 Å². The third kappa shape index (κ3) is 6.85. The molecule has 0 aliphatic carbocycles. The summed E-state index contributed by atoms with van der Waals surface area (Å²) in [7, 11) is 0. The highest BCUT2D eigenvalue weighted by atomic mass is 15.1. The SMILES string of the molecule is CCCCN(CCCC)c1ccc(/C=C/C=C(C#N)C#N)cc1. The Morgan fingerprint density at radius 2 is 1.57 bits per heavy atom. The molecule has 23 heavy (non-hydrogen) atoms. The summed E-state index contributed by atoms with van der Waals surface area (Å²) < 4.78 is 0. The van der Waals surface area contributed by atoms with Crippen LogP contribution in [0.4, 0.5) is 5.69 Å². The Hall–Kier alpha value is -2.52. The first-order chi connectivity index (χ1) is 11.2. The summed E-state index contributed by atoms with van der Waals surface area (Å²) in [5, 5.41) is 17.4. The fraction of sp³-hybridized carbons (Fsp3) is 0.400. The number of hydrogen-bond acceptors (Lipinski definition) is 3. The predicted octanol–water partition coefficient (Wildman–Crippen LogP) is 5.08. The highest BCUT2D eigenvalue weighted by Crippen LogP contribution is 2.17. The van der Waals surface area contributed by atoms with Crippen molar-refractivity contribution in [1.29, 1.82) is 10.5 Å². The van der Waals surface area contributed by atoms with Gasteiger partial charge in [-0.3, -0.25) is 0 Å². The van der Waals surface area contributed by atoms with E-state index in [2.05, 4.69) is 43.0 Å². The molecule has 0 fully saturated rings. The smallest absolute Gasteiger partial charge is 0.129 e. The summed E-state index contributed by atoms with van der Waals surface area (Å²) in [6.07, 6.45) is 10.0. The van der Waals surface area contributed by atoms with Crippen molar-refractivity contribution in [2.75, 3.05) is 18.0 Å². The maximum absolute atomic E-state index is 8.68. The van der Waals surface area contributed by atoms with Crippen LogP contribution in [0.25, 0.3) is 6.08 Å². The first-order valence-electron chi connectivity index (χ1n) is 8.28. The van der Waals surface area contributed by atoms with Crippen molar-refractivity contribution in [2.24, 2.45) is 0 Å². The molecule has 3 heteroatoms. The number of nitriles is 2. The van der Waals surface area contributed by atoms with Crippen LogP contribution in [0.3, 0.4) is 0 Å². The monoisotopic (exact) mass is 307 g/mol. The van der Waals surface area contributed by atoms with Crippen molar-refractivity contribution in [1.82, 2.24) is 0 Å². The molecule has 0 amide bonds. The van der Waals surface area contributed by atoms with E-state index in [0.29, 0.717) is 0 Å². The molecule has 0 saturated carbocycles. The Morgan fingerprint density at radius 3 is 2.04 bits per heavy atom. The van der Waals surface area contributed by atoms with E-state index in [-0.39, 0.29) is 5.57 Å². The van der Waals surface area contributed by atoms with Crippen LogP contribution in [0.1, 0.15) is 45.1 Å². The fourth-order valence-corrected chi connectivity index (χ4v) is 2.22. The van der Waals surface area contributed by atoms with Gasteiger partial charge in [-0.2, -0.15) is 10.5 Å². The van der Waals surface area contributed by atoms with Gasteiger partial charge in [0.15, 0.2) is 0 Å². The fourth-order valence-electron chi connectivity index (χ4n) is 2.22. The number of allylic oxidation sites excluding steroid dienone is 3. The van der Waals surface area contributed by atoms with Gasteiger partial charge in [-0.1, -0.05) is 51.0 Å². The van der Waals surface area contributed by atoms with E-state index < -0.39 is 0 Å². The van der Waals surface area contributed by atoms with Gasteiger partial charge < -0.3 is 4.90 Å². The summed E-state index contributed by atoms with van der Waals surface area (Å²) in [5.74, 6) is 0. The molecule has 0 spiro atoms. The molecular weight excluding hydrogens is 282 g/mol. The largest absolute Gasteiger partial charge is 0.372 e. The number of rotatable bonds is 9. The van der Waals surface area contributed by atoms with Crippen LogP contribution in [0.5, 0.6) is 0 Å². The third-order valence-corrected chi connectivity index (χ3v) is 3.61. The minimum absolute atomic E-state index is 0.114. The molecule has 1 aromatic carbocycles. The summed E-state index contributed by atoms with van der Waals surface area (Å²) in [6.45, 7) is 6.64. The van der Waals surface area contributed by atoms with E-state index in [1.807, 2.05) is 18.2 Å². The van der Waals surface area contributed by atoms with E-state index in [1.54, 1.807) is 6.08 Å². The van der Waals surface area contributed by atoms with Crippen LogP contribution in [0, 0.1) is 22.7 Å². The van der Waals surface area contributed by atoms with E-state index in [4.69, 9.17) is 10.5 Å². The number of anilines is 1. The molecule has 120 valence electrons. The molecule has 1 aromatic rings. The van der Waals surface area contributed by atoms with Crippen LogP contribution in [-0.4, -0.2) is 13.1 Å². The molecule has 0 unspecified atom stereocenters. The average molecular weight is 307 g/mol. The molecule has 0 bridgehead atoms. The molecule has 0 radical (unpaired) electrons. The maximum atomic E-state index is 8.68. The van der Waals surface area contributed by atoms with Crippen LogP contribution >= 0.6 is 0 Å². The lowest BCUT2D eigenvalue weighted by atomic mass is 10.1. The van der Waals surface area contributed by atoms with Gasteiger partial charge >= 0.3 is 0 Å². The first kappa shape index (κ1) is 18.5. The van der Waals surface area contributed by atoms with Gasteiger partial charge in [0.05, 0.1) is 0 Å². The van der Waals surface area contributed by atoms with E-state index in [9.17, 15) is 0 Å². The maximum Gasteiger partial charge on any atom is 0.129 e. The highest BCUT2D eigenvalue weighted by molar-refractivity contribution is 5.57. The van der Waals surface area contributed by atoms with Crippen molar-refractivity contribution in [3.8, 4) is 12.1 Å². The number of benzene rings is 1. The summed E-state index contributed by atoms with van der Waals surface area (Å²) in [6, 6.07) is 12.1. The standard InChI is InChI=1S/C20H25N3/c1-3-5-14-23(15-6-4-2)20-12-10-18(11-13-20)8-7-9-19(16-21)17-22/h7-13H,3-6,14-15H2,1-2H3/b8-7+. The minimum atomic E-state index is 0.114. The van der Waals surface area contributed by atoms with Gasteiger partial charge in [0.1, 0.15) is 17.7 Å². The van der Waals surface area contributed by atoms with Gasteiger partial charge in [0.25, 0.3) is 0 Å². The lowest BCUT2D eigenvalue weighted by Crippen LogP contribution is -2.25. The summed E-state index contributed by atoms with van der Waals surface area (Å²) in [4.78, 5) is 2.45. The average Bonchev–Trinajstić information content (AvgIpc) is 2.60. The first-order valence-corrected chi connectivity index (χ1v) is 8.28. The molecule has 0 atom stereocenters. The molecule has 0 heterocycles. The Kier molecular flexibility index (Phi) is 8.94. The van der Waals surface area contributed by atoms with Crippen molar-refractivity contribution in [3.63, 3.8) is 0 Å². The van der Waals surface area contributed by atoms with E-state index in [1.165, 1.54) is 37.4 Å². The molecule has 1 rings (SSSR count). The van der Waals surface area contributed by atoms with Gasteiger partial charge in [0.2, 0.25) is 0 Å². The van der Waals surface area contributed by atoms with Crippen molar-refractivity contribution >= 4 is 11.8 Å². The van der Waals surface area contributed by atoms with Crippen LogP contribution < -0.4 is 4.90 Å². The second-order valence-corrected chi connectivity index (χ2v) is 5.45.